The summed E-state index contributed by atoms with van der Waals surface area (Å²) in [5.41, 5.74) is 5.62. The Morgan fingerprint density at radius 3 is 2.35 bits per heavy atom. The van der Waals surface area contributed by atoms with E-state index in [0.29, 0.717) is 0 Å². The molecule has 0 spiro atoms. The quantitative estimate of drug-likeness (QED) is 0.897. The summed E-state index contributed by atoms with van der Waals surface area (Å²) < 4.78 is 0. The average Bonchev–Trinajstić information content (AvgIpc) is 2.46. The molecule has 1 atom stereocenters. The Hall–Kier alpha value is -1.83. The van der Waals surface area contributed by atoms with Gasteiger partial charge in [0.05, 0.1) is 6.42 Å². The van der Waals surface area contributed by atoms with Crippen LogP contribution in [0, 0.1) is 0 Å². The molecule has 0 bridgehead atoms. The minimum Gasteiger partial charge on any atom is -0.481 e. The van der Waals surface area contributed by atoms with Crippen molar-refractivity contribution < 1.29 is 9.90 Å². The van der Waals surface area contributed by atoms with E-state index < -0.39 is 5.97 Å². The third kappa shape index (κ3) is 1.67. The topological polar surface area (TPSA) is 37.3 Å². The van der Waals surface area contributed by atoms with Crippen molar-refractivity contribution in [2.75, 3.05) is 0 Å². The zero-order chi connectivity index (χ0) is 13.7. The molecule has 20 heavy (non-hydrogen) atoms. The number of carboxylic acids is 1. The maximum atomic E-state index is 11.1. The molecule has 2 aliphatic carbocycles. The van der Waals surface area contributed by atoms with Crippen LogP contribution in [0.5, 0.6) is 0 Å². The van der Waals surface area contributed by atoms with Crippen molar-refractivity contribution in [1.29, 1.82) is 0 Å². The number of hydrogen-bond donors (Lipinski definition) is 1. The number of hydrogen-bond acceptors (Lipinski definition) is 1. The smallest absolute Gasteiger partial charge is 0.303 e. The van der Waals surface area contributed by atoms with E-state index in [1.54, 1.807) is 0 Å². The summed E-state index contributed by atoms with van der Waals surface area (Å²) in [6, 6.07) is 9.00. The first-order valence-corrected chi connectivity index (χ1v) is 7.52. The Labute approximate surface area is 118 Å². The largest absolute Gasteiger partial charge is 0.481 e. The van der Waals surface area contributed by atoms with Gasteiger partial charge in [-0.15, -0.1) is 0 Å². The van der Waals surface area contributed by atoms with Gasteiger partial charge in [0.15, 0.2) is 0 Å². The molecule has 0 amide bonds. The van der Waals surface area contributed by atoms with Gasteiger partial charge in [0.2, 0.25) is 0 Å². The van der Waals surface area contributed by atoms with Crippen LogP contribution in [-0.4, -0.2) is 11.1 Å². The molecule has 0 heterocycles. The molecule has 1 unspecified atom stereocenters. The van der Waals surface area contributed by atoms with Gasteiger partial charge in [-0.3, -0.25) is 4.79 Å². The summed E-state index contributed by atoms with van der Waals surface area (Å²) in [4.78, 5) is 11.1. The predicted octanol–water partition coefficient (Wildman–Crippen LogP) is 3.83. The third-order valence-electron chi connectivity index (χ3n) is 4.97. The number of carboxylic acid groups (broad SMARTS) is 1. The van der Waals surface area contributed by atoms with Crippen molar-refractivity contribution in [2.24, 2.45) is 0 Å². The maximum Gasteiger partial charge on any atom is 0.303 e. The molecule has 2 heteroatoms. The average molecular weight is 266 g/mol. The highest BCUT2D eigenvalue weighted by Crippen LogP contribution is 2.42. The summed E-state index contributed by atoms with van der Waals surface area (Å²) in [5.74, 6) is -0.495. The highest BCUT2D eigenvalue weighted by atomic mass is 16.4. The summed E-state index contributed by atoms with van der Waals surface area (Å²) in [6.07, 6.45) is 5.81. The fraction of sp³-hybridized carbons (Fsp3) is 0.389. The van der Waals surface area contributed by atoms with Crippen molar-refractivity contribution in [2.45, 2.75) is 44.4 Å². The van der Waals surface area contributed by atoms with E-state index in [9.17, 15) is 4.79 Å². The molecule has 2 aliphatic rings. The molecular weight excluding hydrogens is 248 g/mol. The lowest BCUT2D eigenvalue weighted by atomic mass is 9.76. The maximum absolute atomic E-state index is 11.1. The molecule has 2 nitrogen and oxygen atoms in total. The molecule has 0 aromatic heterocycles. The summed E-state index contributed by atoms with van der Waals surface area (Å²) in [6.45, 7) is 0. The van der Waals surface area contributed by atoms with Gasteiger partial charge in [-0.1, -0.05) is 24.3 Å². The number of aliphatic carboxylic acids is 1. The van der Waals surface area contributed by atoms with E-state index in [4.69, 9.17) is 5.11 Å². The Bertz CT molecular complexity index is 705. The number of carbonyl (C=O) groups is 1. The van der Waals surface area contributed by atoms with E-state index in [1.807, 2.05) is 0 Å². The van der Waals surface area contributed by atoms with Gasteiger partial charge in [0.1, 0.15) is 0 Å². The van der Waals surface area contributed by atoms with Gasteiger partial charge in [-0.05, 0) is 71.0 Å². The van der Waals surface area contributed by atoms with Gasteiger partial charge in [0, 0.05) is 0 Å². The number of rotatable bonds is 2. The van der Waals surface area contributed by atoms with Gasteiger partial charge >= 0.3 is 5.97 Å². The zero-order valence-electron chi connectivity index (χ0n) is 11.5. The fourth-order valence-electron chi connectivity index (χ4n) is 4.09. The molecule has 2 aromatic carbocycles. The van der Waals surface area contributed by atoms with Crippen LogP contribution in [0.1, 0.15) is 47.4 Å². The third-order valence-corrected chi connectivity index (χ3v) is 4.97. The van der Waals surface area contributed by atoms with Crippen LogP contribution in [0.3, 0.4) is 0 Å². The second-order valence-corrected chi connectivity index (χ2v) is 6.13. The van der Waals surface area contributed by atoms with Crippen molar-refractivity contribution in [3.63, 3.8) is 0 Å². The van der Waals surface area contributed by atoms with Crippen LogP contribution in [0.2, 0.25) is 0 Å². The number of benzene rings is 2. The first-order valence-electron chi connectivity index (χ1n) is 7.52. The molecule has 0 radical (unpaired) electrons. The molecule has 0 saturated carbocycles. The molecule has 1 N–H and O–H groups in total. The molecule has 0 fully saturated rings. The normalized spacial score (nSPS) is 20.1. The lowest BCUT2D eigenvalue weighted by Crippen LogP contribution is -2.15. The Balaban J connectivity index is 1.99. The Kier molecular flexibility index (Phi) is 2.59. The minimum atomic E-state index is -0.682. The van der Waals surface area contributed by atoms with Crippen LogP contribution in [-0.2, 0) is 24.1 Å². The first kappa shape index (κ1) is 12.0. The standard InChI is InChI=1S/C18H18O2/c19-16(20)10-14-7-6-13-5-4-11-2-1-3-12-8-9-15(14)18(13)17(11)12/h4-5,8-9,14H,1-3,6-7,10H2,(H,19,20). The number of aryl methyl sites for hydroxylation is 3. The molecule has 102 valence electrons. The lowest BCUT2D eigenvalue weighted by molar-refractivity contribution is -0.137. The van der Waals surface area contributed by atoms with Crippen molar-refractivity contribution in [3.05, 3.63) is 46.5 Å². The van der Waals surface area contributed by atoms with Crippen LogP contribution < -0.4 is 0 Å². The SMILES string of the molecule is O=C(O)CC1CCc2ccc3c4c(ccc1c24)CCC3. The van der Waals surface area contributed by atoms with Gasteiger partial charge < -0.3 is 5.11 Å². The van der Waals surface area contributed by atoms with Gasteiger partial charge in [-0.25, -0.2) is 0 Å². The summed E-state index contributed by atoms with van der Waals surface area (Å²) in [5, 5.41) is 12.0. The van der Waals surface area contributed by atoms with E-state index in [0.717, 1.165) is 25.7 Å². The van der Waals surface area contributed by atoms with Gasteiger partial charge in [-0.2, -0.15) is 0 Å². The Morgan fingerprint density at radius 2 is 1.65 bits per heavy atom. The highest BCUT2D eigenvalue weighted by Gasteiger charge is 2.26. The van der Waals surface area contributed by atoms with Crippen LogP contribution in [0.4, 0.5) is 0 Å². The highest BCUT2D eigenvalue weighted by molar-refractivity contribution is 5.96. The second-order valence-electron chi connectivity index (χ2n) is 6.13. The van der Waals surface area contributed by atoms with Crippen molar-refractivity contribution in [1.82, 2.24) is 0 Å². The van der Waals surface area contributed by atoms with Crippen LogP contribution in [0.15, 0.2) is 24.3 Å². The molecule has 4 rings (SSSR count). The molecule has 0 saturated heterocycles. The van der Waals surface area contributed by atoms with E-state index in [1.165, 1.54) is 39.4 Å². The second kappa shape index (κ2) is 4.34. The van der Waals surface area contributed by atoms with E-state index >= 15 is 0 Å². The van der Waals surface area contributed by atoms with Gasteiger partial charge in [0.25, 0.3) is 0 Å². The van der Waals surface area contributed by atoms with Crippen LogP contribution >= 0.6 is 0 Å². The van der Waals surface area contributed by atoms with Crippen molar-refractivity contribution in [3.8, 4) is 0 Å². The van der Waals surface area contributed by atoms with Crippen LogP contribution in [0.25, 0.3) is 10.8 Å². The molecule has 2 aromatic rings. The monoisotopic (exact) mass is 266 g/mol. The predicted molar refractivity (Wildman–Crippen MR) is 79.3 cm³/mol. The van der Waals surface area contributed by atoms with Crippen molar-refractivity contribution >= 4 is 16.7 Å². The zero-order valence-corrected chi connectivity index (χ0v) is 11.5. The summed E-state index contributed by atoms with van der Waals surface area (Å²) >= 11 is 0. The molecule has 0 aliphatic heterocycles. The van der Waals surface area contributed by atoms with E-state index in [2.05, 4.69) is 24.3 Å². The Morgan fingerprint density at radius 1 is 1.00 bits per heavy atom. The summed E-state index contributed by atoms with van der Waals surface area (Å²) in [7, 11) is 0. The minimum absolute atomic E-state index is 0.186. The molecular formula is C18H18O2. The fourth-order valence-corrected chi connectivity index (χ4v) is 4.09. The lowest BCUT2D eigenvalue weighted by Gasteiger charge is -2.28. The first-order chi connectivity index (χ1) is 9.74. The van der Waals surface area contributed by atoms with E-state index in [-0.39, 0.29) is 12.3 Å².